The Labute approximate surface area is 120 Å². The van der Waals surface area contributed by atoms with Gasteiger partial charge in [0.05, 0.1) is 28.0 Å². The zero-order valence-corrected chi connectivity index (χ0v) is 12.5. The van der Waals surface area contributed by atoms with Crippen LogP contribution in [0.1, 0.15) is 11.5 Å². The van der Waals surface area contributed by atoms with Gasteiger partial charge in [0.25, 0.3) is 0 Å². The Morgan fingerprint density at radius 3 is 2.20 bits per heavy atom. The summed E-state index contributed by atoms with van der Waals surface area (Å²) in [6.07, 6.45) is 1.14. The van der Waals surface area contributed by atoms with Crippen molar-refractivity contribution in [3.63, 3.8) is 0 Å². The maximum atomic E-state index is 12.1. The van der Waals surface area contributed by atoms with Gasteiger partial charge in [-0.15, -0.1) is 0 Å². The van der Waals surface area contributed by atoms with Crippen molar-refractivity contribution in [1.82, 2.24) is 0 Å². The fourth-order valence-corrected chi connectivity index (χ4v) is 3.31. The second-order valence-corrected chi connectivity index (χ2v) is 7.77. The molecule has 2 rings (SSSR count). The summed E-state index contributed by atoms with van der Waals surface area (Å²) in [4.78, 5) is 0.768. The Morgan fingerprint density at radius 2 is 1.70 bits per heavy atom. The van der Waals surface area contributed by atoms with Crippen molar-refractivity contribution in [2.24, 2.45) is 5.73 Å². The van der Waals surface area contributed by atoms with E-state index in [9.17, 15) is 12.6 Å². The summed E-state index contributed by atoms with van der Waals surface area (Å²) in [5, 5.41) is 0. The highest BCUT2D eigenvalue weighted by Crippen LogP contribution is 2.17. The van der Waals surface area contributed by atoms with Crippen LogP contribution in [-0.2, 0) is 32.9 Å². The highest BCUT2D eigenvalue weighted by molar-refractivity contribution is 7.90. The molecular weight excluding hydrogens is 298 g/mol. The Balaban J connectivity index is 2.13. The molecule has 108 valence electrons. The van der Waals surface area contributed by atoms with Crippen LogP contribution in [0.2, 0.25) is 0 Å². The van der Waals surface area contributed by atoms with Gasteiger partial charge in [-0.25, -0.2) is 8.42 Å². The fraction of sp³-hybridized carbons (Fsp3) is 0.231. The summed E-state index contributed by atoms with van der Waals surface area (Å²) in [6, 6.07) is 9.51. The van der Waals surface area contributed by atoms with Gasteiger partial charge in [0, 0.05) is 11.2 Å². The van der Waals surface area contributed by atoms with Gasteiger partial charge in [0.2, 0.25) is 0 Å². The Bertz CT molecular complexity index is 717. The van der Waals surface area contributed by atoms with E-state index in [-0.39, 0.29) is 10.6 Å². The van der Waals surface area contributed by atoms with Crippen molar-refractivity contribution in [1.29, 1.82) is 0 Å². The highest BCUT2D eigenvalue weighted by Gasteiger charge is 2.11. The van der Waals surface area contributed by atoms with E-state index in [0.717, 1.165) is 6.26 Å². The van der Waals surface area contributed by atoms with Crippen LogP contribution in [-0.4, -0.2) is 18.9 Å². The topological polar surface area (TPSA) is 90.4 Å². The third-order valence-corrected chi connectivity index (χ3v) is 5.18. The maximum Gasteiger partial charge on any atom is 0.175 e. The van der Waals surface area contributed by atoms with Gasteiger partial charge in [0.1, 0.15) is 11.5 Å². The number of furan rings is 1. The number of hydrogen-bond donors (Lipinski definition) is 1. The molecule has 1 aromatic carbocycles. The Morgan fingerprint density at radius 1 is 1.10 bits per heavy atom. The van der Waals surface area contributed by atoms with Crippen LogP contribution in [0.4, 0.5) is 0 Å². The van der Waals surface area contributed by atoms with E-state index < -0.39 is 20.6 Å². The molecule has 0 aliphatic carbocycles. The number of benzene rings is 1. The molecule has 0 radical (unpaired) electrons. The molecule has 0 saturated carbocycles. The quantitative estimate of drug-likeness (QED) is 0.902. The van der Waals surface area contributed by atoms with E-state index in [1.165, 1.54) is 12.1 Å². The van der Waals surface area contributed by atoms with E-state index in [1.54, 1.807) is 24.3 Å². The second-order valence-electron chi connectivity index (χ2n) is 4.31. The summed E-state index contributed by atoms with van der Waals surface area (Å²) in [5.74, 6) is 1.47. The molecule has 0 saturated heterocycles. The molecule has 1 unspecified atom stereocenters. The molecule has 0 bridgehead atoms. The van der Waals surface area contributed by atoms with Crippen LogP contribution in [0.5, 0.6) is 0 Å². The lowest BCUT2D eigenvalue weighted by Crippen LogP contribution is -1.99. The van der Waals surface area contributed by atoms with Gasteiger partial charge >= 0.3 is 0 Å². The van der Waals surface area contributed by atoms with Crippen molar-refractivity contribution in [3.8, 4) is 0 Å². The minimum atomic E-state index is -3.24. The number of sulfone groups is 1. The highest BCUT2D eigenvalue weighted by atomic mass is 32.2. The second kappa shape index (κ2) is 5.90. The molecule has 1 heterocycles. The smallest absolute Gasteiger partial charge is 0.175 e. The minimum absolute atomic E-state index is 0.210. The lowest BCUT2D eigenvalue weighted by Gasteiger charge is -2.02. The third-order valence-electron chi connectivity index (χ3n) is 2.71. The number of hydrogen-bond acceptors (Lipinski definition) is 5. The molecule has 1 aromatic heterocycles. The molecule has 2 aromatic rings. The first-order valence-electron chi connectivity index (χ1n) is 5.86. The molecule has 0 spiro atoms. The summed E-state index contributed by atoms with van der Waals surface area (Å²) >= 11 is 0. The standard InChI is InChI=1S/C13H15NO4S2/c1-20(16,17)13-6-4-12(5-7-13)19(15)9-11-3-2-10(8-14)18-11/h2-7H,8-9,14H2,1H3. The van der Waals surface area contributed by atoms with Gasteiger partial charge < -0.3 is 10.2 Å². The molecule has 0 aliphatic heterocycles. The van der Waals surface area contributed by atoms with Crippen LogP contribution < -0.4 is 5.73 Å². The fourth-order valence-electron chi connectivity index (χ4n) is 1.66. The van der Waals surface area contributed by atoms with Gasteiger partial charge in [0.15, 0.2) is 9.84 Å². The summed E-state index contributed by atoms with van der Waals surface area (Å²) in [6.45, 7) is 0.301. The average molecular weight is 313 g/mol. The van der Waals surface area contributed by atoms with E-state index in [4.69, 9.17) is 10.2 Å². The van der Waals surface area contributed by atoms with Crippen LogP contribution >= 0.6 is 0 Å². The number of rotatable bonds is 5. The lowest BCUT2D eigenvalue weighted by atomic mass is 10.4. The van der Waals surface area contributed by atoms with Gasteiger partial charge in [-0.1, -0.05) is 0 Å². The van der Waals surface area contributed by atoms with Crippen LogP contribution in [0.3, 0.4) is 0 Å². The van der Waals surface area contributed by atoms with Gasteiger partial charge in [-0.05, 0) is 36.4 Å². The molecule has 0 fully saturated rings. The van der Waals surface area contributed by atoms with E-state index in [2.05, 4.69) is 0 Å². The number of nitrogens with two attached hydrogens (primary N) is 1. The molecule has 0 amide bonds. The predicted molar refractivity (Wildman–Crippen MR) is 76.3 cm³/mol. The largest absolute Gasteiger partial charge is 0.464 e. The van der Waals surface area contributed by atoms with E-state index >= 15 is 0 Å². The first-order valence-corrected chi connectivity index (χ1v) is 9.07. The van der Waals surface area contributed by atoms with Crippen molar-refractivity contribution in [3.05, 3.63) is 47.9 Å². The average Bonchev–Trinajstić information content (AvgIpc) is 2.85. The maximum absolute atomic E-state index is 12.1. The van der Waals surface area contributed by atoms with E-state index in [1.807, 2.05) is 0 Å². The predicted octanol–water partition coefficient (Wildman–Crippen LogP) is 1.45. The normalized spacial score (nSPS) is 13.3. The SMILES string of the molecule is CS(=O)(=O)c1ccc(S(=O)Cc2ccc(CN)o2)cc1. The van der Waals surface area contributed by atoms with Crippen molar-refractivity contribution in [2.75, 3.05) is 6.26 Å². The Hall–Kier alpha value is -1.44. The first kappa shape index (κ1) is 15.0. The van der Waals surface area contributed by atoms with Gasteiger partial charge in [-0.3, -0.25) is 4.21 Å². The summed E-state index contributed by atoms with van der Waals surface area (Å²) in [7, 11) is -4.52. The monoisotopic (exact) mass is 313 g/mol. The summed E-state index contributed by atoms with van der Waals surface area (Å²) < 4.78 is 40.2. The van der Waals surface area contributed by atoms with Crippen molar-refractivity contribution >= 4 is 20.6 Å². The minimum Gasteiger partial charge on any atom is -0.464 e. The van der Waals surface area contributed by atoms with Crippen LogP contribution in [0, 0.1) is 0 Å². The molecular formula is C13H15NO4S2. The van der Waals surface area contributed by atoms with Crippen molar-refractivity contribution in [2.45, 2.75) is 22.1 Å². The molecule has 1 atom stereocenters. The van der Waals surface area contributed by atoms with Crippen LogP contribution in [0.15, 0.2) is 50.6 Å². The summed E-state index contributed by atoms with van der Waals surface area (Å²) in [5.41, 5.74) is 5.44. The first-order chi connectivity index (χ1) is 9.40. The van der Waals surface area contributed by atoms with Gasteiger partial charge in [-0.2, -0.15) is 0 Å². The molecule has 0 aliphatic rings. The van der Waals surface area contributed by atoms with Crippen LogP contribution in [0.25, 0.3) is 0 Å². The molecule has 20 heavy (non-hydrogen) atoms. The molecule has 5 nitrogen and oxygen atoms in total. The third kappa shape index (κ3) is 3.56. The zero-order valence-electron chi connectivity index (χ0n) is 10.9. The van der Waals surface area contributed by atoms with E-state index in [0.29, 0.717) is 23.0 Å². The lowest BCUT2D eigenvalue weighted by molar-refractivity contribution is 0.481. The molecule has 2 N–H and O–H groups in total. The Kier molecular flexibility index (Phi) is 4.42. The zero-order chi connectivity index (χ0) is 14.8. The molecule has 7 heteroatoms. The van der Waals surface area contributed by atoms with Crippen molar-refractivity contribution < 1.29 is 17.0 Å².